The number of halogens is 3. The molecule has 2 rings (SSSR count). The fourth-order valence-electron chi connectivity index (χ4n) is 1.74. The Morgan fingerprint density at radius 3 is 2.56 bits per heavy atom. The summed E-state index contributed by atoms with van der Waals surface area (Å²) in [6.07, 6.45) is -0.128. The van der Waals surface area contributed by atoms with Gasteiger partial charge in [0, 0.05) is 6.20 Å². The van der Waals surface area contributed by atoms with Crippen LogP contribution in [-0.2, 0) is 12.6 Å². The highest BCUT2D eigenvalue weighted by Gasteiger charge is 2.32. The minimum absolute atomic E-state index is 0.217. The Balaban J connectivity index is 2.47. The van der Waals surface area contributed by atoms with Crippen LogP contribution in [0, 0.1) is 6.92 Å². The van der Waals surface area contributed by atoms with Crippen LogP contribution in [0.5, 0.6) is 0 Å². The molecule has 96 valence electrons. The number of nitrogens with zero attached hydrogens (tertiary/aromatic N) is 2. The van der Waals surface area contributed by atoms with Crippen molar-refractivity contribution in [3.63, 3.8) is 0 Å². The van der Waals surface area contributed by atoms with E-state index in [0.717, 1.165) is 18.1 Å². The van der Waals surface area contributed by atoms with E-state index in [9.17, 15) is 13.2 Å². The third kappa shape index (κ3) is 2.39. The smallest absolute Gasteiger partial charge is 0.241 e. The Kier molecular flexibility index (Phi) is 3.15. The van der Waals surface area contributed by atoms with Crippen LogP contribution in [0.3, 0.4) is 0 Å². The Labute approximate surface area is 103 Å². The van der Waals surface area contributed by atoms with Crippen LogP contribution in [0.2, 0.25) is 0 Å². The second-order valence-corrected chi connectivity index (χ2v) is 4.14. The van der Waals surface area contributed by atoms with Crippen molar-refractivity contribution in [3.05, 3.63) is 47.3 Å². The molecular formula is C13H13F3N2. The maximum Gasteiger partial charge on any atom is 0.416 e. The van der Waals surface area contributed by atoms with Gasteiger partial charge in [0.25, 0.3) is 0 Å². The lowest BCUT2D eigenvalue weighted by Gasteiger charge is -2.12. The molecule has 5 heteroatoms. The van der Waals surface area contributed by atoms with Crippen LogP contribution in [0.4, 0.5) is 13.2 Å². The minimum Gasteiger partial charge on any atom is -0.241 e. The summed E-state index contributed by atoms with van der Waals surface area (Å²) in [6.45, 7) is 3.42. The zero-order valence-corrected chi connectivity index (χ0v) is 10.1. The molecule has 0 radical (unpaired) electrons. The highest BCUT2D eigenvalue weighted by molar-refractivity contribution is 5.41. The maximum absolute atomic E-state index is 12.8. The molecule has 0 saturated heterocycles. The monoisotopic (exact) mass is 254 g/mol. The van der Waals surface area contributed by atoms with Gasteiger partial charge in [-0.25, -0.2) is 4.68 Å². The fraction of sp³-hybridized carbons (Fsp3) is 0.308. The summed E-state index contributed by atoms with van der Waals surface area (Å²) >= 11 is 0. The second kappa shape index (κ2) is 4.48. The van der Waals surface area contributed by atoms with Gasteiger partial charge >= 0.3 is 6.18 Å². The van der Waals surface area contributed by atoms with Gasteiger partial charge in [-0.1, -0.05) is 13.0 Å². The van der Waals surface area contributed by atoms with E-state index in [1.165, 1.54) is 17.7 Å². The van der Waals surface area contributed by atoms with Crippen LogP contribution in [0.1, 0.15) is 23.6 Å². The Morgan fingerprint density at radius 2 is 2.00 bits per heavy atom. The maximum atomic E-state index is 12.8. The minimum atomic E-state index is -4.33. The topological polar surface area (TPSA) is 17.8 Å². The number of benzene rings is 1. The highest BCUT2D eigenvalue weighted by Crippen LogP contribution is 2.32. The van der Waals surface area contributed by atoms with Crippen LogP contribution in [-0.4, -0.2) is 9.78 Å². The summed E-state index contributed by atoms with van der Waals surface area (Å²) < 4.78 is 39.8. The normalized spacial score (nSPS) is 11.8. The molecule has 2 aromatic rings. The van der Waals surface area contributed by atoms with Gasteiger partial charge in [0.1, 0.15) is 0 Å². The van der Waals surface area contributed by atoms with Crippen molar-refractivity contribution in [1.29, 1.82) is 0 Å². The molecule has 0 saturated carbocycles. The van der Waals surface area contributed by atoms with E-state index in [1.54, 1.807) is 18.5 Å². The van der Waals surface area contributed by atoms with Crippen LogP contribution >= 0.6 is 0 Å². The number of alkyl halides is 3. The first-order valence-corrected chi connectivity index (χ1v) is 5.63. The van der Waals surface area contributed by atoms with Crippen molar-refractivity contribution < 1.29 is 13.2 Å². The van der Waals surface area contributed by atoms with Gasteiger partial charge in [0.2, 0.25) is 0 Å². The summed E-state index contributed by atoms with van der Waals surface area (Å²) in [5.41, 5.74) is 1.01. The molecule has 0 aliphatic rings. The van der Waals surface area contributed by atoms with Gasteiger partial charge in [-0.05, 0) is 36.6 Å². The standard InChI is InChI=1S/C13H13F3N2/c1-3-10-7-17-18(8-10)11-5-4-9(2)12(6-11)13(14,15)16/h4-8H,3H2,1-2H3. The van der Waals surface area contributed by atoms with E-state index in [4.69, 9.17) is 0 Å². The summed E-state index contributed by atoms with van der Waals surface area (Å²) in [5, 5.41) is 4.06. The zero-order valence-electron chi connectivity index (χ0n) is 10.1. The number of rotatable bonds is 2. The number of aromatic nitrogens is 2. The van der Waals surface area contributed by atoms with Crippen LogP contribution < -0.4 is 0 Å². The van der Waals surface area contributed by atoms with Gasteiger partial charge in [-0.3, -0.25) is 0 Å². The van der Waals surface area contributed by atoms with Crippen molar-refractivity contribution in [2.24, 2.45) is 0 Å². The zero-order chi connectivity index (χ0) is 13.3. The van der Waals surface area contributed by atoms with Crippen molar-refractivity contribution >= 4 is 0 Å². The van der Waals surface area contributed by atoms with E-state index in [1.807, 2.05) is 6.92 Å². The lowest BCUT2D eigenvalue weighted by Crippen LogP contribution is -2.08. The molecule has 0 aliphatic heterocycles. The van der Waals surface area contributed by atoms with Gasteiger partial charge in [-0.2, -0.15) is 18.3 Å². The second-order valence-electron chi connectivity index (χ2n) is 4.14. The van der Waals surface area contributed by atoms with E-state index in [2.05, 4.69) is 5.10 Å². The quantitative estimate of drug-likeness (QED) is 0.797. The molecule has 0 spiro atoms. The number of aryl methyl sites for hydroxylation is 2. The summed E-state index contributed by atoms with van der Waals surface area (Å²) in [6, 6.07) is 4.23. The van der Waals surface area contributed by atoms with Gasteiger partial charge in [0.15, 0.2) is 0 Å². The summed E-state index contributed by atoms with van der Waals surface area (Å²) in [5.74, 6) is 0. The molecule has 1 aromatic heterocycles. The molecule has 0 atom stereocenters. The first-order valence-electron chi connectivity index (χ1n) is 5.63. The van der Waals surface area contributed by atoms with Crippen molar-refractivity contribution in [3.8, 4) is 5.69 Å². The Bertz CT molecular complexity index is 556. The van der Waals surface area contributed by atoms with Crippen LogP contribution in [0.15, 0.2) is 30.6 Å². The van der Waals surface area contributed by atoms with Crippen LogP contribution in [0.25, 0.3) is 5.69 Å². The van der Waals surface area contributed by atoms with Crippen molar-refractivity contribution in [1.82, 2.24) is 9.78 Å². The molecular weight excluding hydrogens is 241 g/mol. The summed E-state index contributed by atoms with van der Waals surface area (Å²) in [4.78, 5) is 0. The average Bonchev–Trinajstić information content (AvgIpc) is 2.76. The third-order valence-electron chi connectivity index (χ3n) is 2.84. The molecule has 1 aromatic carbocycles. The number of hydrogen-bond acceptors (Lipinski definition) is 1. The molecule has 0 unspecified atom stereocenters. The number of hydrogen-bond donors (Lipinski definition) is 0. The lowest BCUT2D eigenvalue weighted by atomic mass is 10.1. The van der Waals surface area contributed by atoms with Gasteiger partial charge in [0.05, 0.1) is 17.4 Å². The van der Waals surface area contributed by atoms with E-state index < -0.39 is 11.7 Å². The van der Waals surface area contributed by atoms with E-state index in [-0.39, 0.29) is 5.56 Å². The van der Waals surface area contributed by atoms with Gasteiger partial charge in [-0.15, -0.1) is 0 Å². The molecule has 0 aliphatic carbocycles. The first-order chi connectivity index (χ1) is 8.41. The SMILES string of the molecule is CCc1cnn(-c2ccc(C)c(C(F)(F)F)c2)c1. The lowest BCUT2D eigenvalue weighted by molar-refractivity contribution is -0.138. The molecule has 0 bridgehead atoms. The summed E-state index contributed by atoms with van der Waals surface area (Å²) in [7, 11) is 0. The molecule has 1 heterocycles. The molecule has 2 nitrogen and oxygen atoms in total. The molecule has 0 fully saturated rings. The van der Waals surface area contributed by atoms with Gasteiger partial charge < -0.3 is 0 Å². The predicted molar refractivity (Wildman–Crippen MR) is 62.7 cm³/mol. The van der Waals surface area contributed by atoms with Crippen molar-refractivity contribution in [2.75, 3.05) is 0 Å². The van der Waals surface area contributed by atoms with E-state index >= 15 is 0 Å². The van der Waals surface area contributed by atoms with E-state index in [0.29, 0.717) is 5.69 Å². The average molecular weight is 254 g/mol. The Morgan fingerprint density at radius 1 is 1.28 bits per heavy atom. The fourth-order valence-corrected chi connectivity index (χ4v) is 1.74. The Hall–Kier alpha value is -1.78. The highest BCUT2D eigenvalue weighted by atomic mass is 19.4. The molecule has 0 N–H and O–H groups in total. The first kappa shape index (κ1) is 12.7. The molecule has 18 heavy (non-hydrogen) atoms. The third-order valence-corrected chi connectivity index (χ3v) is 2.84. The molecule has 0 amide bonds. The largest absolute Gasteiger partial charge is 0.416 e. The predicted octanol–water partition coefficient (Wildman–Crippen LogP) is 3.76. The van der Waals surface area contributed by atoms with Crippen molar-refractivity contribution in [2.45, 2.75) is 26.4 Å².